The molecule has 2 amide bonds. The summed E-state index contributed by atoms with van der Waals surface area (Å²) in [6.07, 6.45) is 3.15. The third-order valence-corrected chi connectivity index (χ3v) is 3.02. The second-order valence-electron chi connectivity index (χ2n) is 4.83. The van der Waals surface area contributed by atoms with Crippen LogP contribution >= 0.6 is 0 Å². The minimum atomic E-state index is -0.297. The van der Waals surface area contributed by atoms with Crippen molar-refractivity contribution in [2.45, 2.75) is 6.92 Å². The summed E-state index contributed by atoms with van der Waals surface area (Å²) in [6.45, 7) is 1.41. The summed E-state index contributed by atoms with van der Waals surface area (Å²) in [4.78, 5) is 23.3. The van der Waals surface area contributed by atoms with E-state index in [0.717, 1.165) is 5.56 Å². The maximum atomic E-state index is 12.1. The van der Waals surface area contributed by atoms with Crippen LogP contribution in [0.25, 0.3) is 6.08 Å². The van der Waals surface area contributed by atoms with Gasteiger partial charge in [-0.3, -0.25) is 9.59 Å². The molecule has 0 heterocycles. The SMILES string of the molecule is COc1ccc(NC(C)=O)c(NC(=O)/C=C/c2ccccc2)c1. The van der Waals surface area contributed by atoms with Crippen molar-refractivity contribution in [1.82, 2.24) is 0 Å². The van der Waals surface area contributed by atoms with Crippen molar-refractivity contribution in [2.75, 3.05) is 17.7 Å². The first kappa shape index (κ1) is 16.3. The summed E-state index contributed by atoms with van der Waals surface area (Å²) in [6, 6.07) is 14.5. The Kier molecular flexibility index (Phi) is 5.52. The molecule has 0 radical (unpaired) electrons. The van der Waals surface area contributed by atoms with E-state index in [1.165, 1.54) is 20.1 Å². The maximum Gasteiger partial charge on any atom is 0.248 e. The predicted octanol–water partition coefficient (Wildman–Crippen LogP) is 3.31. The second kappa shape index (κ2) is 7.79. The average molecular weight is 310 g/mol. The number of amides is 2. The van der Waals surface area contributed by atoms with Gasteiger partial charge in [-0.05, 0) is 23.8 Å². The van der Waals surface area contributed by atoms with Gasteiger partial charge in [0.2, 0.25) is 11.8 Å². The number of anilines is 2. The van der Waals surface area contributed by atoms with Crippen LogP contribution in [0.4, 0.5) is 11.4 Å². The van der Waals surface area contributed by atoms with Crippen LogP contribution in [-0.2, 0) is 9.59 Å². The number of rotatable bonds is 5. The minimum Gasteiger partial charge on any atom is -0.497 e. The molecular weight excluding hydrogens is 292 g/mol. The fraction of sp³-hybridized carbons (Fsp3) is 0.111. The number of methoxy groups -OCH3 is 1. The van der Waals surface area contributed by atoms with Gasteiger partial charge in [-0.2, -0.15) is 0 Å². The van der Waals surface area contributed by atoms with Gasteiger partial charge in [0, 0.05) is 19.1 Å². The number of carbonyl (C=O) groups excluding carboxylic acids is 2. The molecule has 0 unspecified atom stereocenters. The molecule has 0 spiro atoms. The molecule has 0 atom stereocenters. The zero-order valence-corrected chi connectivity index (χ0v) is 13.0. The Hall–Kier alpha value is -3.08. The third-order valence-electron chi connectivity index (χ3n) is 3.02. The first-order chi connectivity index (χ1) is 11.1. The van der Waals surface area contributed by atoms with Crippen molar-refractivity contribution in [3.63, 3.8) is 0 Å². The fourth-order valence-electron chi connectivity index (χ4n) is 1.96. The van der Waals surface area contributed by atoms with Gasteiger partial charge >= 0.3 is 0 Å². The molecule has 2 aromatic rings. The van der Waals surface area contributed by atoms with E-state index in [9.17, 15) is 9.59 Å². The first-order valence-electron chi connectivity index (χ1n) is 7.08. The van der Waals surface area contributed by atoms with Crippen molar-refractivity contribution < 1.29 is 14.3 Å². The summed E-state index contributed by atoms with van der Waals surface area (Å²) >= 11 is 0. The van der Waals surface area contributed by atoms with Crippen molar-refractivity contribution in [3.05, 3.63) is 60.2 Å². The molecule has 0 saturated carbocycles. The lowest BCUT2D eigenvalue weighted by Crippen LogP contribution is -2.13. The van der Waals surface area contributed by atoms with Crippen LogP contribution in [0.1, 0.15) is 12.5 Å². The molecule has 0 fully saturated rings. The van der Waals surface area contributed by atoms with Gasteiger partial charge in [-0.15, -0.1) is 0 Å². The molecule has 2 rings (SSSR count). The lowest BCUT2D eigenvalue weighted by Gasteiger charge is -2.12. The van der Waals surface area contributed by atoms with E-state index in [2.05, 4.69) is 10.6 Å². The molecule has 0 saturated heterocycles. The fourth-order valence-corrected chi connectivity index (χ4v) is 1.96. The van der Waals surface area contributed by atoms with Gasteiger partial charge < -0.3 is 15.4 Å². The largest absolute Gasteiger partial charge is 0.497 e. The van der Waals surface area contributed by atoms with Crippen molar-refractivity contribution >= 4 is 29.3 Å². The zero-order valence-electron chi connectivity index (χ0n) is 13.0. The number of carbonyl (C=O) groups is 2. The summed E-state index contributed by atoms with van der Waals surface area (Å²) in [5.74, 6) is 0.0700. The highest BCUT2D eigenvalue weighted by Gasteiger charge is 2.08. The molecule has 5 nitrogen and oxygen atoms in total. The number of nitrogens with one attached hydrogen (secondary N) is 2. The molecule has 23 heavy (non-hydrogen) atoms. The highest BCUT2D eigenvalue weighted by atomic mass is 16.5. The first-order valence-corrected chi connectivity index (χ1v) is 7.08. The quantitative estimate of drug-likeness (QED) is 0.833. The van der Waals surface area contributed by atoms with Gasteiger partial charge in [0.15, 0.2) is 0 Å². The van der Waals surface area contributed by atoms with Crippen molar-refractivity contribution in [2.24, 2.45) is 0 Å². The molecule has 2 N–H and O–H groups in total. The standard InChI is InChI=1S/C18H18N2O3/c1-13(21)19-16-10-9-15(23-2)12-17(16)20-18(22)11-8-14-6-4-3-5-7-14/h3-12H,1-2H3,(H,19,21)(H,20,22)/b11-8+. The Bertz CT molecular complexity index is 724. The zero-order chi connectivity index (χ0) is 16.7. The van der Waals surface area contributed by atoms with E-state index in [1.807, 2.05) is 30.3 Å². The second-order valence-corrected chi connectivity index (χ2v) is 4.83. The Balaban J connectivity index is 2.15. The smallest absolute Gasteiger partial charge is 0.248 e. The van der Waals surface area contributed by atoms with Gasteiger partial charge in [0.25, 0.3) is 0 Å². The minimum absolute atomic E-state index is 0.217. The van der Waals surface area contributed by atoms with Crippen molar-refractivity contribution in [3.8, 4) is 5.75 Å². The van der Waals surface area contributed by atoms with E-state index in [4.69, 9.17) is 4.74 Å². The van der Waals surface area contributed by atoms with E-state index in [0.29, 0.717) is 17.1 Å². The highest BCUT2D eigenvalue weighted by Crippen LogP contribution is 2.27. The number of hydrogen-bond donors (Lipinski definition) is 2. The van der Waals surface area contributed by atoms with E-state index < -0.39 is 0 Å². The lowest BCUT2D eigenvalue weighted by molar-refractivity contribution is -0.114. The van der Waals surface area contributed by atoms with E-state index in [-0.39, 0.29) is 11.8 Å². The Morgan fingerprint density at radius 1 is 1.00 bits per heavy atom. The number of ether oxygens (including phenoxy) is 1. The highest BCUT2D eigenvalue weighted by molar-refractivity contribution is 6.05. The Labute approximate surface area is 135 Å². The maximum absolute atomic E-state index is 12.1. The van der Waals surface area contributed by atoms with Crippen LogP contribution in [0.2, 0.25) is 0 Å². The van der Waals surface area contributed by atoms with Crippen LogP contribution < -0.4 is 15.4 Å². The Morgan fingerprint density at radius 3 is 2.39 bits per heavy atom. The number of hydrogen-bond acceptors (Lipinski definition) is 3. The van der Waals surface area contributed by atoms with E-state index in [1.54, 1.807) is 24.3 Å². The topological polar surface area (TPSA) is 67.4 Å². The summed E-state index contributed by atoms with van der Waals surface area (Å²) in [5, 5.41) is 5.41. The molecule has 0 aliphatic rings. The van der Waals surface area contributed by atoms with Crippen molar-refractivity contribution in [1.29, 1.82) is 0 Å². The summed E-state index contributed by atoms with van der Waals surface area (Å²) in [5.41, 5.74) is 1.91. The summed E-state index contributed by atoms with van der Waals surface area (Å²) < 4.78 is 5.14. The van der Waals surface area contributed by atoms with E-state index >= 15 is 0 Å². The average Bonchev–Trinajstić information content (AvgIpc) is 2.55. The van der Waals surface area contributed by atoms with Crippen LogP contribution in [0.15, 0.2) is 54.6 Å². The molecule has 2 aromatic carbocycles. The van der Waals surface area contributed by atoms with Gasteiger partial charge in [0.1, 0.15) is 5.75 Å². The van der Waals surface area contributed by atoms with Crippen LogP contribution in [0, 0.1) is 0 Å². The third kappa shape index (κ3) is 5.00. The normalized spacial score (nSPS) is 10.3. The van der Waals surface area contributed by atoms with Gasteiger partial charge in [-0.25, -0.2) is 0 Å². The van der Waals surface area contributed by atoms with Gasteiger partial charge in [0.05, 0.1) is 18.5 Å². The molecule has 0 aromatic heterocycles. The van der Waals surface area contributed by atoms with Crippen LogP contribution in [0.3, 0.4) is 0 Å². The van der Waals surface area contributed by atoms with Crippen LogP contribution in [-0.4, -0.2) is 18.9 Å². The monoisotopic (exact) mass is 310 g/mol. The molecule has 0 aliphatic heterocycles. The molecular formula is C18H18N2O3. The lowest BCUT2D eigenvalue weighted by atomic mass is 10.2. The molecule has 5 heteroatoms. The van der Waals surface area contributed by atoms with Gasteiger partial charge in [-0.1, -0.05) is 30.3 Å². The molecule has 118 valence electrons. The van der Waals surface area contributed by atoms with Crippen LogP contribution in [0.5, 0.6) is 5.75 Å². The molecule has 0 aliphatic carbocycles. The molecule has 0 bridgehead atoms. The Morgan fingerprint density at radius 2 is 1.74 bits per heavy atom. The predicted molar refractivity (Wildman–Crippen MR) is 91.4 cm³/mol. The number of benzene rings is 2. The summed E-state index contributed by atoms with van der Waals surface area (Å²) in [7, 11) is 1.54.